The summed E-state index contributed by atoms with van der Waals surface area (Å²) in [4.78, 5) is 11.5. The zero-order chi connectivity index (χ0) is 18.0. The number of rotatable bonds is 4. The lowest BCUT2D eigenvalue weighted by Crippen LogP contribution is -2.43. The van der Waals surface area contributed by atoms with Gasteiger partial charge in [0.2, 0.25) is 8.32 Å². The minimum absolute atomic E-state index is 0.176. The number of hydrogen-bond donors (Lipinski definition) is 0. The van der Waals surface area contributed by atoms with E-state index in [2.05, 4.69) is 46.0 Å². The predicted molar refractivity (Wildman–Crippen MR) is 101 cm³/mol. The Kier molecular flexibility index (Phi) is 5.18. The predicted octanol–water partition coefficient (Wildman–Crippen LogP) is 5.52. The van der Waals surface area contributed by atoms with Crippen molar-refractivity contribution in [3.63, 3.8) is 0 Å². The molecule has 0 saturated heterocycles. The molecule has 24 heavy (non-hydrogen) atoms. The molecule has 0 unspecified atom stereocenters. The maximum absolute atomic E-state index is 11.5. The number of benzene rings is 2. The molecule has 2 aromatic rings. The molecule has 0 saturated carbocycles. The van der Waals surface area contributed by atoms with Crippen LogP contribution in [0.1, 0.15) is 31.1 Å². The van der Waals surface area contributed by atoms with E-state index in [-0.39, 0.29) is 11.0 Å². The van der Waals surface area contributed by atoms with Gasteiger partial charge in [0.1, 0.15) is 5.75 Å². The summed E-state index contributed by atoms with van der Waals surface area (Å²) in [7, 11) is -0.432. The Morgan fingerprint density at radius 3 is 1.75 bits per heavy atom. The number of esters is 1. The van der Waals surface area contributed by atoms with Gasteiger partial charge in [-0.15, -0.1) is 0 Å². The summed E-state index contributed by atoms with van der Waals surface area (Å²) in [6.07, 6.45) is 0. The Morgan fingerprint density at radius 2 is 1.33 bits per heavy atom. The zero-order valence-electron chi connectivity index (χ0n) is 15.3. The zero-order valence-corrected chi connectivity index (χ0v) is 16.3. The lowest BCUT2D eigenvalue weighted by atomic mass is 10.0. The smallest absolute Gasteiger partial charge is 0.337 e. The molecule has 0 bridgehead atoms. The van der Waals surface area contributed by atoms with Crippen molar-refractivity contribution in [2.45, 2.75) is 38.9 Å². The first-order valence-corrected chi connectivity index (χ1v) is 11.0. The Bertz CT molecular complexity index is 695. The number of methoxy groups -OCH3 is 1. The van der Waals surface area contributed by atoms with Gasteiger partial charge in [-0.1, -0.05) is 45.0 Å². The van der Waals surface area contributed by atoms with Gasteiger partial charge in [-0.25, -0.2) is 4.79 Å². The van der Waals surface area contributed by atoms with Crippen LogP contribution >= 0.6 is 0 Å². The van der Waals surface area contributed by atoms with E-state index < -0.39 is 8.32 Å². The van der Waals surface area contributed by atoms with Crippen LogP contribution in [0.15, 0.2) is 48.5 Å². The van der Waals surface area contributed by atoms with Gasteiger partial charge in [-0.3, -0.25) is 0 Å². The van der Waals surface area contributed by atoms with Crippen LogP contribution in [0.5, 0.6) is 5.75 Å². The molecule has 0 aliphatic heterocycles. The maximum atomic E-state index is 11.5. The molecule has 0 spiro atoms. The van der Waals surface area contributed by atoms with Gasteiger partial charge in [-0.05, 0) is 53.5 Å². The summed E-state index contributed by atoms with van der Waals surface area (Å²) in [5.74, 6) is 0.594. The first-order valence-electron chi connectivity index (χ1n) is 8.12. The van der Waals surface area contributed by atoms with Crippen LogP contribution in [0.2, 0.25) is 18.1 Å². The number of ether oxygens (including phenoxy) is 1. The van der Waals surface area contributed by atoms with Crippen LogP contribution in [0.25, 0.3) is 11.1 Å². The highest BCUT2D eigenvalue weighted by Gasteiger charge is 2.38. The Balaban J connectivity index is 2.16. The molecule has 0 atom stereocenters. The van der Waals surface area contributed by atoms with Crippen LogP contribution in [0.4, 0.5) is 0 Å². The SMILES string of the molecule is COC(=O)c1ccc(-c2ccc(O[Si](C)(C)C(C)(C)C)cc2)cc1. The molecular weight excluding hydrogens is 316 g/mol. The Morgan fingerprint density at radius 1 is 0.875 bits per heavy atom. The molecule has 2 rings (SSSR count). The molecule has 0 aliphatic rings. The van der Waals surface area contributed by atoms with Crippen molar-refractivity contribution in [3.8, 4) is 16.9 Å². The lowest BCUT2D eigenvalue weighted by Gasteiger charge is -2.36. The summed E-state index contributed by atoms with van der Waals surface area (Å²) in [5, 5.41) is 0.176. The van der Waals surface area contributed by atoms with Crippen molar-refractivity contribution in [2.75, 3.05) is 7.11 Å². The van der Waals surface area contributed by atoms with E-state index >= 15 is 0 Å². The molecule has 2 aromatic carbocycles. The van der Waals surface area contributed by atoms with Crippen molar-refractivity contribution < 1.29 is 14.0 Å². The molecule has 4 heteroatoms. The minimum Gasteiger partial charge on any atom is -0.544 e. The van der Waals surface area contributed by atoms with E-state index in [1.807, 2.05) is 24.3 Å². The largest absolute Gasteiger partial charge is 0.544 e. The first-order chi connectivity index (χ1) is 11.1. The summed E-state index contributed by atoms with van der Waals surface area (Å²) in [6, 6.07) is 15.5. The van der Waals surface area contributed by atoms with Crippen LogP contribution < -0.4 is 4.43 Å². The third kappa shape index (κ3) is 4.06. The van der Waals surface area contributed by atoms with Gasteiger partial charge in [0, 0.05) is 0 Å². The van der Waals surface area contributed by atoms with Crippen molar-refractivity contribution in [3.05, 3.63) is 54.1 Å². The average Bonchev–Trinajstić information content (AvgIpc) is 2.53. The standard InChI is InChI=1S/C20H26O3Si/c1-20(2,3)24(5,6)23-18-13-11-16(12-14-18)15-7-9-17(10-8-15)19(21)22-4/h7-14H,1-6H3. The first kappa shape index (κ1) is 18.3. The highest BCUT2D eigenvalue weighted by Crippen LogP contribution is 2.37. The quantitative estimate of drug-likeness (QED) is 0.542. The van der Waals surface area contributed by atoms with E-state index in [1.165, 1.54) is 7.11 Å². The molecular formula is C20H26O3Si. The number of hydrogen-bond acceptors (Lipinski definition) is 3. The van der Waals surface area contributed by atoms with Crippen LogP contribution in [0.3, 0.4) is 0 Å². The second-order valence-corrected chi connectivity index (χ2v) is 12.2. The third-order valence-corrected chi connectivity index (χ3v) is 9.03. The fourth-order valence-electron chi connectivity index (χ4n) is 2.08. The minimum atomic E-state index is -1.82. The fourth-order valence-corrected chi connectivity index (χ4v) is 3.11. The van der Waals surface area contributed by atoms with Gasteiger partial charge in [-0.2, -0.15) is 0 Å². The second-order valence-electron chi connectivity index (χ2n) is 7.46. The van der Waals surface area contributed by atoms with Gasteiger partial charge in [0.15, 0.2) is 0 Å². The number of carbonyl (C=O) groups excluding carboxylic acids is 1. The highest BCUT2D eigenvalue weighted by molar-refractivity contribution is 6.74. The van der Waals surface area contributed by atoms with Crippen molar-refractivity contribution >= 4 is 14.3 Å². The van der Waals surface area contributed by atoms with E-state index in [0.29, 0.717) is 5.56 Å². The third-order valence-electron chi connectivity index (χ3n) is 4.67. The van der Waals surface area contributed by atoms with Crippen molar-refractivity contribution in [2.24, 2.45) is 0 Å². The second kappa shape index (κ2) is 6.81. The summed E-state index contributed by atoms with van der Waals surface area (Å²) >= 11 is 0. The average molecular weight is 343 g/mol. The monoisotopic (exact) mass is 342 g/mol. The fraction of sp³-hybridized carbons (Fsp3) is 0.350. The van der Waals surface area contributed by atoms with E-state index in [9.17, 15) is 4.79 Å². The summed E-state index contributed by atoms with van der Waals surface area (Å²) in [6.45, 7) is 11.2. The normalized spacial score (nSPS) is 11.9. The van der Waals surface area contributed by atoms with E-state index in [4.69, 9.17) is 9.16 Å². The maximum Gasteiger partial charge on any atom is 0.337 e. The Hall–Kier alpha value is -2.07. The van der Waals surface area contributed by atoms with Crippen molar-refractivity contribution in [1.29, 1.82) is 0 Å². The number of carbonyl (C=O) groups is 1. The van der Waals surface area contributed by atoms with Gasteiger partial charge in [0.25, 0.3) is 0 Å². The van der Waals surface area contributed by atoms with Crippen LogP contribution in [0, 0.1) is 0 Å². The highest BCUT2D eigenvalue weighted by atomic mass is 28.4. The van der Waals surface area contributed by atoms with Crippen molar-refractivity contribution in [1.82, 2.24) is 0 Å². The van der Waals surface area contributed by atoms with Crippen LogP contribution in [-0.2, 0) is 4.74 Å². The molecule has 0 amide bonds. The molecule has 0 radical (unpaired) electrons. The molecule has 0 N–H and O–H groups in total. The summed E-state index contributed by atoms with van der Waals surface area (Å²) in [5.41, 5.74) is 2.70. The van der Waals surface area contributed by atoms with Gasteiger partial charge in [0.05, 0.1) is 12.7 Å². The van der Waals surface area contributed by atoms with Gasteiger partial charge < -0.3 is 9.16 Å². The van der Waals surface area contributed by atoms with E-state index in [1.54, 1.807) is 12.1 Å². The lowest BCUT2D eigenvalue weighted by molar-refractivity contribution is 0.0601. The molecule has 128 valence electrons. The van der Waals surface area contributed by atoms with Crippen LogP contribution in [-0.4, -0.2) is 21.4 Å². The van der Waals surface area contributed by atoms with Gasteiger partial charge >= 0.3 is 5.97 Å². The summed E-state index contributed by atoms with van der Waals surface area (Å²) < 4.78 is 11.0. The molecule has 0 aromatic heterocycles. The Labute approximate surface area is 145 Å². The topological polar surface area (TPSA) is 35.5 Å². The molecule has 0 heterocycles. The molecule has 3 nitrogen and oxygen atoms in total. The molecule has 0 fully saturated rings. The molecule has 0 aliphatic carbocycles. The van der Waals surface area contributed by atoms with E-state index in [0.717, 1.165) is 16.9 Å².